The molecule has 3 heteroatoms. The maximum atomic E-state index is 9.14. The number of hydrogen-bond donors (Lipinski definition) is 1. The van der Waals surface area contributed by atoms with Gasteiger partial charge in [0.1, 0.15) is 0 Å². The van der Waals surface area contributed by atoms with Crippen LogP contribution in [0.5, 0.6) is 0 Å². The molecule has 80 valence electrons. The van der Waals surface area contributed by atoms with Crippen LogP contribution in [0.3, 0.4) is 0 Å². The quantitative estimate of drug-likeness (QED) is 0.690. The fourth-order valence-electron chi connectivity index (χ4n) is 1.68. The van der Waals surface area contributed by atoms with Crippen molar-refractivity contribution in [3.8, 4) is 0 Å². The first-order valence-electron chi connectivity index (χ1n) is 5.09. The molecule has 0 saturated heterocycles. The SMILES string of the molecule is CCCN(CC)CC1(CO)CC1.F. The van der Waals surface area contributed by atoms with Crippen LogP contribution in [0.2, 0.25) is 0 Å². The van der Waals surface area contributed by atoms with E-state index in [1.54, 1.807) is 0 Å². The summed E-state index contributed by atoms with van der Waals surface area (Å²) < 4.78 is 0. The molecule has 13 heavy (non-hydrogen) atoms. The van der Waals surface area contributed by atoms with Gasteiger partial charge in [-0.05, 0) is 32.4 Å². The van der Waals surface area contributed by atoms with Gasteiger partial charge in [-0.1, -0.05) is 13.8 Å². The zero-order valence-electron chi connectivity index (χ0n) is 8.75. The van der Waals surface area contributed by atoms with Crippen LogP contribution < -0.4 is 0 Å². The Kier molecular flexibility index (Phi) is 5.49. The zero-order chi connectivity index (χ0) is 9.03. The number of aliphatic hydroxyl groups excluding tert-OH is 1. The number of rotatable bonds is 6. The van der Waals surface area contributed by atoms with E-state index >= 15 is 0 Å². The Labute approximate surface area is 80.3 Å². The van der Waals surface area contributed by atoms with Crippen molar-refractivity contribution < 1.29 is 9.81 Å². The molecule has 0 aromatic rings. The monoisotopic (exact) mass is 191 g/mol. The lowest BCUT2D eigenvalue weighted by atomic mass is 10.1. The van der Waals surface area contributed by atoms with E-state index < -0.39 is 0 Å². The van der Waals surface area contributed by atoms with Crippen molar-refractivity contribution in [2.45, 2.75) is 33.1 Å². The van der Waals surface area contributed by atoms with E-state index in [9.17, 15) is 0 Å². The summed E-state index contributed by atoms with van der Waals surface area (Å²) in [6.45, 7) is 8.19. The molecule has 0 unspecified atom stereocenters. The lowest BCUT2D eigenvalue weighted by Crippen LogP contribution is -2.32. The van der Waals surface area contributed by atoms with Crippen molar-refractivity contribution in [2.24, 2.45) is 5.41 Å². The fourth-order valence-corrected chi connectivity index (χ4v) is 1.68. The third-order valence-corrected chi connectivity index (χ3v) is 2.84. The smallest absolute Gasteiger partial charge is 0.0499 e. The first-order valence-corrected chi connectivity index (χ1v) is 5.09. The summed E-state index contributed by atoms with van der Waals surface area (Å²) in [6, 6.07) is 0. The van der Waals surface area contributed by atoms with Crippen LogP contribution in [0.25, 0.3) is 0 Å². The van der Waals surface area contributed by atoms with Crippen LogP contribution >= 0.6 is 0 Å². The van der Waals surface area contributed by atoms with Gasteiger partial charge in [0.15, 0.2) is 0 Å². The molecule has 0 atom stereocenters. The highest BCUT2D eigenvalue weighted by molar-refractivity contribution is 4.94. The second-order valence-corrected chi connectivity index (χ2v) is 4.03. The van der Waals surface area contributed by atoms with Crippen molar-refractivity contribution in [1.29, 1.82) is 0 Å². The summed E-state index contributed by atoms with van der Waals surface area (Å²) in [5.74, 6) is 0. The first-order chi connectivity index (χ1) is 5.76. The Morgan fingerprint density at radius 3 is 2.23 bits per heavy atom. The largest absolute Gasteiger partial charge is 0.396 e. The highest BCUT2D eigenvalue weighted by atomic mass is 19.0. The van der Waals surface area contributed by atoms with Gasteiger partial charge in [0.2, 0.25) is 0 Å². The molecule has 0 amide bonds. The van der Waals surface area contributed by atoms with Crippen LogP contribution in [0.4, 0.5) is 4.70 Å². The highest BCUT2D eigenvalue weighted by Gasteiger charge is 2.42. The van der Waals surface area contributed by atoms with E-state index in [1.807, 2.05) is 0 Å². The van der Waals surface area contributed by atoms with Gasteiger partial charge >= 0.3 is 0 Å². The molecule has 1 rings (SSSR count). The predicted octanol–water partition coefficient (Wildman–Crippen LogP) is 1.64. The third kappa shape index (κ3) is 3.61. The first kappa shape index (κ1) is 12.8. The minimum Gasteiger partial charge on any atom is -0.396 e. The number of aliphatic hydroxyl groups is 1. The summed E-state index contributed by atoms with van der Waals surface area (Å²) in [5.41, 5.74) is 0.297. The third-order valence-electron chi connectivity index (χ3n) is 2.84. The highest BCUT2D eigenvalue weighted by Crippen LogP contribution is 2.45. The maximum absolute atomic E-state index is 9.14. The van der Waals surface area contributed by atoms with E-state index in [-0.39, 0.29) is 4.70 Å². The van der Waals surface area contributed by atoms with Crippen LogP contribution in [-0.4, -0.2) is 36.2 Å². The Balaban J connectivity index is 0.00000144. The molecular weight excluding hydrogens is 169 g/mol. The Morgan fingerprint density at radius 1 is 1.31 bits per heavy atom. The topological polar surface area (TPSA) is 23.5 Å². The van der Waals surface area contributed by atoms with E-state index in [0.717, 1.165) is 13.1 Å². The molecule has 0 aromatic carbocycles. The van der Waals surface area contributed by atoms with Crippen molar-refractivity contribution in [2.75, 3.05) is 26.2 Å². The number of hydrogen-bond acceptors (Lipinski definition) is 2. The summed E-state index contributed by atoms with van der Waals surface area (Å²) in [5, 5.41) is 9.14. The lowest BCUT2D eigenvalue weighted by molar-refractivity contribution is 0.152. The number of halogens is 1. The van der Waals surface area contributed by atoms with Gasteiger partial charge < -0.3 is 10.0 Å². The average Bonchev–Trinajstić information content (AvgIpc) is 2.85. The predicted molar refractivity (Wildman–Crippen MR) is 53.7 cm³/mol. The Morgan fingerprint density at radius 2 is 1.92 bits per heavy atom. The lowest BCUT2D eigenvalue weighted by Gasteiger charge is -2.24. The van der Waals surface area contributed by atoms with Gasteiger partial charge in [-0.3, -0.25) is 4.70 Å². The zero-order valence-corrected chi connectivity index (χ0v) is 8.75. The number of nitrogens with zero attached hydrogens (tertiary/aromatic N) is 1. The van der Waals surface area contributed by atoms with Crippen LogP contribution in [0.15, 0.2) is 0 Å². The minimum absolute atomic E-state index is 0. The van der Waals surface area contributed by atoms with Crippen molar-refractivity contribution >= 4 is 0 Å². The molecule has 1 N–H and O–H groups in total. The maximum Gasteiger partial charge on any atom is 0.0499 e. The van der Waals surface area contributed by atoms with Crippen molar-refractivity contribution in [3.05, 3.63) is 0 Å². The van der Waals surface area contributed by atoms with Crippen LogP contribution in [0, 0.1) is 5.41 Å². The molecule has 0 radical (unpaired) electrons. The summed E-state index contributed by atoms with van der Waals surface area (Å²) in [6.07, 6.45) is 3.67. The van der Waals surface area contributed by atoms with Gasteiger partial charge in [-0.2, -0.15) is 0 Å². The van der Waals surface area contributed by atoms with Gasteiger partial charge in [-0.25, -0.2) is 0 Å². The molecule has 0 spiro atoms. The fraction of sp³-hybridized carbons (Fsp3) is 1.00. The van der Waals surface area contributed by atoms with E-state index in [4.69, 9.17) is 5.11 Å². The molecule has 0 aliphatic heterocycles. The van der Waals surface area contributed by atoms with Crippen LogP contribution in [0.1, 0.15) is 33.1 Å². The second-order valence-electron chi connectivity index (χ2n) is 4.03. The van der Waals surface area contributed by atoms with Gasteiger partial charge in [0.05, 0.1) is 0 Å². The average molecular weight is 191 g/mol. The second kappa shape index (κ2) is 5.55. The van der Waals surface area contributed by atoms with E-state index in [1.165, 1.54) is 25.8 Å². The summed E-state index contributed by atoms with van der Waals surface area (Å²) in [4.78, 5) is 2.45. The minimum atomic E-state index is 0. The van der Waals surface area contributed by atoms with Gasteiger partial charge in [0, 0.05) is 18.6 Å². The molecule has 1 fully saturated rings. The molecule has 2 nitrogen and oxygen atoms in total. The van der Waals surface area contributed by atoms with Crippen LogP contribution in [-0.2, 0) is 0 Å². The molecule has 1 saturated carbocycles. The standard InChI is InChI=1S/C10H21NO.FH/c1-3-7-11(4-2)8-10(9-12)5-6-10;/h12H,3-9H2,1-2H3;1H. The molecule has 0 bridgehead atoms. The molecule has 0 aromatic heterocycles. The summed E-state index contributed by atoms with van der Waals surface area (Å²) in [7, 11) is 0. The van der Waals surface area contributed by atoms with Gasteiger partial charge in [-0.15, -0.1) is 0 Å². The van der Waals surface area contributed by atoms with E-state index in [0.29, 0.717) is 12.0 Å². The van der Waals surface area contributed by atoms with E-state index in [2.05, 4.69) is 18.7 Å². The van der Waals surface area contributed by atoms with Gasteiger partial charge in [0.25, 0.3) is 0 Å². The summed E-state index contributed by atoms with van der Waals surface area (Å²) >= 11 is 0. The molecular formula is C10H22FNO. The van der Waals surface area contributed by atoms with Crippen molar-refractivity contribution in [3.63, 3.8) is 0 Å². The Bertz CT molecular complexity index is 137. The molecule has 0 heterocycles. The van der Waals surface area contributed by atoms with Crippen molar-refractivity contribution in [1.82, 2.24) is 4.90 Å². The molecule has 1 aliphatic carbocycles. The molecule has 1 aliphatic rings. The normalized spacial score (nSPS) is 18.5. The Hall–Kier alpha value is -0.150.